The molecule has 0 unspecified atom stereocenters. The van der Waals surface area contributed by atoms with Gasteiger partial charge < -0.3 is 4.42 Å². The minimum atomic E-state index is 0.152. The van der Waals surface area contributed by atoms with Crippen molar-refractivity contribution in [1.29, 1.82) is 0 Å². The fourth-order valence-electron chi connectivity index (χ4n) is 1.76. The highest BCUT2D eigenvalue weighted by molar-refractivity contribution is 5.70. The molecule has 0 saturated heterocycles. The molecular formula is C14H15NO2. The van der Waals surface area contributed by atoms with Crippen molar-refractivity contribution in [2.75, 3.05) is 0 Å². The van der Waals surface area contributed by atoms with Crippen LogP contribution in [0.1, 0.15) is 30.2 Å². The number of benzene rings is 1. The van der Waals surface area contributed by atoms with Crippen molar-refractivity contribution in [3.63, 3.8) is 0 Å². The third-order valence-electron chi connectivity index (χ3n) is 2.45. The molecule has 0 N–H and O–H groups in total. The van der Waals surface area contributed by atoms with E-state index in [-0.39, 0.29) is 5.89 Å². The fourth-order valence-corrected chi connectivity index (χ4v) is 1.76. The van der Waals surface area contributed by atoms with Crippen molar-refractivity contribution in [3.8, 4) is 11.3 Å². The second kappa shape index (κ2) is 4.95. The first kappa shape index (κ1) is 11.6. The molecule has 0 saturated carbocycles. The lowest BCUT2D eigenvalue weighted by atomic mass is 10.0. The van der Waals surface area contributed by atoms with Crippen LogP contribution in [0, 0.1) is 5.92 Å². The molecule has 2 aromatic rings. The Balaban J connectivity index is 2.44. The molecule has 17 heavy (non-hydrogen) atoms. The zero-order chi connectivity index (χ0) is 12.3. The van der Waals surface area contributed by atoms with Gasteiger partial charge in [-0.2, -0.15) is 0 Å². The second-order valence-corrected chi connectivity index (χ2v) is 4.41. The largest absolute Gasteiger partial charge is 0.434 e. The third-order valence-corrected chi connectivity index (χ3v) is 2.45. The predicted molar refractivity (Wildman–Crippen MR) is 65.9 cm³/mol. The third kappa shape index (κ3) is 2.61. The van der Waals surface area contributed by atoms with Crippen LogP contribution in [0.15, 0.2) is 34.7 Å². The number of hydrogen-bond donors (Lipinski definition) is 0. The van der Waals surface area contributed by atoms with Crippen molar-refractivity contribution in [1.82, 2.24) is 4.98 Å². The Hall–Kier alpha value is -1.90. The van der Waals surface area contributed by atoms with Gasteiger partial charge in [-0.3, -0.25) is 4.79 Å². The molecule has 1 aromatic heterocycles. The molecular weight excluding hydrogens is 214 g/mol. The molecule has 1 heterocycles. The highest BCUT2D eigenvalue weighted by Gasteiger charge is 2.15. The van der Waals surface area contributed by atoms with E-state index < -0.39 is 0 Å². The summed E-state index contributed by atoms with van der Waals surface area (Å²) in [4.78, 5) is 14.9. The van der Waals surface area contributed by atoms with Crippen LogP contribution in [-0.4, -0.2) is 11.3 Å². The van der Waals surface area contributed by atoms with Gasteiger partial charge in [0.2, 0.25) is 6.29 Å². The first-order valence-corrected chi connectivity index (χ1v) is 5.71. The number of aromatic nitrogens is 1. The van der Waals surface area contributed by atoms with Gasteiger partial charge in [0.1, 0.15) is 0 Å². The predicted octanol–water partition coefficient (Wildman–Crippen LogP) is 3.35. The van der Waals surface area contributed by atoms with Gasteiger partial charge >= 0.3 is 0 Å². The summed E-state index contributed by atoms with van der Waals surface area (Å²) in [5.74, 6) is 1.34. The smallest absolute Gasteiger partial charge is 0.260 e. The molecule has 0 bridgehead atoms. The minimum absolute atomic E-state index is 0.152. The molecule has 0 aliphatic rings. The minimum Gasteiger partial charge on any atom is -0.434 e. The van der Waals surface area contributed by atoms with Crippen LogP contribution in [-0.2, 0) is 6.42 Å². The van der Waals surface area contributed by atoms with E-state index in [1.54, 1.807) is 0 Å². The average molecular weight is 229 g/mol. The number of aldehydes is 1. The summed E-state index contributed by atoms with van der Waals surface area (Å²) in [6.45, 7) is 4.23. The van der Waals surface area contributed by atoms with Crippen molar-refractivity contribution in [3.05, 3.63) is 41.9 Å². The van der Waals surface area contributed by atoms with Crippen LogP contribution in [0.25, 0.3) is 11.3 Å². The van der Waals surface area contributed by atoms with Gasteiger partial charge in [-0.1, -0.05) is 44.2 Å². The number of carbonyl (C=O) groups excluding carboxylic acids is 1. The summed E-state index contributed by atoms with van der Waals surface area (Å²) in [7, 11) is 0. The zero-order valence-electron chi connectivity index (χ0n) is 10.0. The molecule has 88 valence electrons. The first-order chi connectivity index (χ1) is 8.20. The average Bonchev–Trinajstić information content (AvgIpc) is 2.72. The van der Waals surface area contributed by atoms with Crippen LogP contribution in [0.2, 0.25) is 0 Å². The Morgan fingerprint density at radius 3 is 2.59 bits per heavy atom. The molecule has 0 aliphatic carbocycles. The summed E-state index contributed by atoms with van der Waals surface area (Å²) in [6.07, 6.45) is 1.46. The summed E-state index contributed by atoms with van der Waals surface area (Å²) >= 11 is 0. The van der Waals surface area contributed by atoms with Gasteiger partial charge in [0.15, 0.2) is 5.76 Å². The molecule has 0 spiro atoms. The number of nitrogens with zero attached hydrogens (tertiary/aromatic N) is 1. The number of oxazole rings is 1. The van der Waals surface area contributed by atoms with Crippen LogP contribution in [0.3, 0.4) is 0 Å². The lowest BCUT2D eigenvalue weighted by Crippen LogP contribution is -1.96. The van der Waals surface area contributed by atoms with E-state index in [4.69, 9.17) is 4.42 Å². The van der Waals surface area contributed by atoms with Crippen molar-refractivity contribution < 1.29 is 9.21 Å². The lowest BCUT2D eigenvalue weighted by molar-refractivity contribution is 0.109. The summed E-state index contributed by atoms with van der Waals surface area (Å²) in [5.41, 5.74) is 1.82. The van der Waals surface area contributed by atoms with E-state index in [1.807, 2.05) is 30.3 Å². The van der Waals surface area contributed by atoms with Crippen LogP contribution in [0.5, 0.6) is 0 Å². The van der Waals surface area contributed by atoms with Crippen LogP contribution >= 0.6 is 0 Å². The Morgan fingerprint density at radius 1 is 1.29 bits per heavy atom. The van der Waals surface area contributed by atoms with Crippen LogP contribution in [0.4, 0.5) is 0 Å². The van der Waals surface area contributed by atoms with Gasteiger partial charge in [0.05, 0.1) is 5.69 Å². The molecule has 3 heteroatoms. The standard InChI is InChI=1S/C14H15NO2/c1-10(2)8-12-14(17-13(9-16)15-12)11-6-4-3-5-7-11/h3-7,9-10H,8H2,1-2H3. The first-order valence-electron chi connectivity index (χ1n) is 5.71. The van der Waals surface area contributed by atoms with Gasteiger partial charge in [-0.25, -0.2) is 4.98 Å². The SMILES string of the molecule is CC(C)Cc1nc(C=O)oc1-c1ccccc1. The number of rotatable bonds is 4. The number of hydrogen-bond acceptors (Lipinski definition) is 3. The lowest BCUT2D eigenvalue weighted by Gasteiger charge is -2.03. The van der Waals surface area contributed by atoms with Crippen molar-refractivity contribution in [2.45, 2.75) is 20.3 Å². The summed E-state index contributed by atoms with van der Waals surface area (Å²) < 4.78 is 5.47. The molecule has 0 fully saturated rings. The normalized spacial score (nSPS) is 10.8. The van der Waals surface area contributed by atoms with E-state index in [9.17, 15) is 4.79 Å². The highest BCUT2D eigenvalue weighted by Crippen LogP contribution is 2.26. The van der Waals surface area contributed by atoms with Crippen LogP contribution < -0.4 is 0 Å². The van der Waals surface area contributed by atoms with E-state index in [2.05, 4.69) is 18.8 Å². The quantitative estimate of drug-likeness (QED) is 0.755. The molecule has 3 nitrogen and oxygen atoms in total. The molecule has 0 aliphatic heterocycles. The van der Waals surface area contributed by atoms with Crippen molar-refractivity contribution >= 4 is 6.29 Å². The summed E-state index contributed by atoms with van der Waals surface area (Å²) in [5, 5.41) is 0. The highest BCUT2D eigenvalue weighted by atomic mass is 16.4. The number of carbonyl (C=O) groups is 1. The van der Waals surface area contributed by atoms with Gasteiger partial charge in [0.25, 0.3) is 5.89 Å². The van der Waals surface area contributed by atoms with Gasteiger partial charge in [0, 0.05) is 5.56 Å². The maximum absolute atomic E-state index is 10.7. The molecule has 2 rings (SSSR count). The topological polar surface area (TPSA) is 43.1 Å². The fraction of sp³-hybridized carbons (Fsp3) is 0.286. The maximum Gasteiger partial charge on any atom is 0.260 e. The van der Waals surface area contributed by atoms with E-state index in [0.717, 1.165) is 17.7 Å². The molecule has 1 aromatic carbocycles. The molecule has 0 amide bonds. The monoisotopic (exact) mass is 229 g/mol. The zero-order valence-corrected chi connectivity index (χ0v) is 10.0. The Bertz CT molecular complexity index is 500. The maximum atomic E-state index is 10.7. The Morgan fingerprint density at radius 2 is 2.00 bits per heavy atom. The van der Waals surface area contributed by atoms with Gasteiger partial charge in [-0.15, -0.1) is 0 Å². The Labute approximate surface area is 100 Å². The Kier molecular flexibility index (Phi) is 3.38. The molecule has 0 atom stereocenters. The molecule has 0 radical (unpaired) electrons. The van der Waals surface area contributed by atoms with Gasteiger partial charge in [-0.05, 0) is 12.3 Å². The van der Waals surface area contributed by atoms with Crippen molar-refractivity contribution in [2.24, 2.45) is 5.92 Å². The second-order valence-electron chi connectivity index (χ2n) is 4.41. The van der Waals surface area contributed by atoms with E-state index >= 15 is 0 Å². The van der Waals surface area contributed by atoms with E-state index in [0.29, 0.717) is 18.0 Å². The van der Waals surface area contributed by atoms with E-state index in [1.165, 1.54) is 0 Å². The summed E-state index contributed by atoms with van der Waals surface area (Å²) in [6, 6.07) is 9.75.